The van der Waals surface area contributed by atoms with Crippen LogP contribution in [0.15, 0.2) is 48.5 Å². The number of amides is 1. The Hall–Kier alpha value is -3.10. The molecule has 1 radical (unpaired) electrons. The molecule has 0 bridgehead atoms. The molecule has 1 amide bonds. The Balaban J connectivity index is 1.98. The molecule has 3 aromatic rings. The van der Waals surface area contributed by atoms with E-state index in [-0.39, 0.29) is 42.1 Å². The van der Waals surface area contributed by atoms with Gasteiger partial charge in [0.1, 0.15) is 17.5 Å². The highest BCUT2D eigenvalue weighted by Gasteiger charge is 2.27. The zero-order valence-electron chi connectivity index (χ0n) is 21.0. The van der Waals surface area contributed by atoms with E-state index in [0.29, 0.717) is 36.5 Å². The molecule has 0 saturated heterocycles. The Kier molecular flexibility index (Phi) is 9.34. The van der Waals surface area contributed by atoms with Gasteiger partial charge in [-0.3, -0.25) is 4.79 Å². The Morgan fingerprint density at radius 3 is 2.17 bits per heavy atom. The summed E-state index contributed by atoms with van der Waals surface area (Å²) in [6, 6.07) is 11.9. The van der Waals surface area contributed by atoms with E-state index >= 15 is 0 Å². The van der Waals surface area contributed by atoms with Gasteiger partial charge in [0.25, 0.3) is 5.91 Å². The highest BCUT2D eigenvalue weighted by atomic mass is 19.1. The second kappa shape index (κ2) is 12.2. The average molecular weight is 499 g/mol. The molecule has 0 aliphatic carbocycles. The minimum absolute atomic E-state index is 0.0764. The van der Waals surface area contributed by atoms with Gasteiger partial charge in [0.05, 0.1) is 17.9 Å². The number of aliphatic hydroxyl groups is 2. The smallest absolute Gasteiger partial charge is 0.274 e. The molecular weight excluding hydrogens is 464 g/mol. The minimum Gasteiger partial charge on any atom is -0.393 e. The Morgan fingerprint density at radius 2 is 1.61 bits per heavy atom. The number of rotatable bonds is 11. The van der Waals surface area contributed by atoms with Crippen molar-refractivity contribution in [3.8, 4) is 11.4 Å². The fourth-order valence-electron chi connectivity index (χ4n) is 4.20. The first kappa shape index (κ1) is 27.5. The van der Waals surface area contributed by atoms with Gasteiger partial charge in [-0.2, -0.15) is 0 Å². The first-order valence-corrected chi connectivity index (χ1v) is 12.1. The lowest BCUT2D eigenvalue weighted by atomic mass is 10.0. The van der Waals surface area contributed by atoms with Gasteiger partial charge in [-0.1, -0.05) is 32.9 Å². The quantitative estimate of drug-likeness (QED) is 0.392. The molecule has 2 atom stereocenters. The van der Waals surface area contributed by atoms with E-state index in [2.05, 4.69) is 6.92 Å². The van der Waals surface area contributed by atoms with Crippen molar-refractivity contribution in [2.45, 2.75) is 64.3 Å². The number of aromatic nitrogens is 2. The fourth-order valence-corrected chi connectivity index (χ4v) is 4.20. The maximum Gasteiger partial charge on any atom is 0.274 e. The van der Waals surface area contributed by atoms with Crippen molar-refractivity contribution in [1.82, 2.24) is 14.5 Å². The molecule has 2 unspecified atom stereocenters. The number of carbonyl (C=O) groups excluding carboxylic acids is 1. The van der Waals surface area contributed by atoms with E-state index < -0.39 is 12.2 Å². The van der Waals surface area contributed by atoms with Crippen LogP contribution in [-0.2, 0) is 13.1 Å². The SMILES string of the molecule is [CH2]CC(O)CC(O)CCn1c(-c2ccc(F)cc2)nc(C(=O)N(C)Cc2ccc(F)cc2)c1C(C)C. The van der Waals surface area contributed by atoms with E-state index in [1.54, 1.807) is 31.3 Å². The zero-order valence-corrected chi connectivity index (χ0v) is 21.0. The van der Waals surface area contributed by atoms with E-state index in [0.717, 1.165) is 5.56 Å². The van der Waals surface area contributed by atoms with Gasteiger partial charge in [-0.25, -0.2) is 13.8 Å². The van der Waals surface area contributed by atoms with Crippen LogP contribution in [0.2, 0.25) is 0 Å². The molecule has 0 aliphatic rings. The maximum atomic E-state index is 13.6. The summed E-state index contributed by atoms with van der Waals surface area (Å²) in [7, 11) is 1.66. The minimum atomic E-state index is -0.759. The van der Waals surface area contributed by atoms with Crippen LogP contribution in [0.5, 0.6) is 0 Å². The molecule has 2 aromatic carbocycles. The molecule has 0 saturated carbocycles. The first-order chi connectivity index (χ1) is 17.1. The summed E-state index contributed by atoms with van der Waals surface area (Å²) < 4.78 is 28.8. The summed E-state index contributed by atoms with van der Waals surface area (Å²) in [5.74, 6) is -0.594. The Morgan fingerprint density at radius 1 is 1.03 bits per heavy atom. The van der Waals surface area contributed by atoms with E-state index in [4.69, 9.17) is 4.98 Å². The van der Waals surface area contributed by atoms with Crippen LogP contribution in [0.1, 0.15) is 60.8 Å². The third kappa shape index (κ3) is 6.77. The summed E-state index contributed by atoms with van der Waals surface area (Å²) >= 11 is 0. The molecule has 36 heavy (non-hydrogen) atoms. The number of imidazole rings is 1. The Bertz CT molecular complexity index is 1140. The molecule has 0 aliphatic heterocycles. The van der Waals surface area contributed by atoms with Gasteiger partial charge in [-0.05, 0) is 67.1 Å². The molecule has 8 heteroatoms. The highest BCUT2D eigenvalue weighted by molar-refractivity contribution is 5.94. The fraction of sp³-hybridized carbons (Fsp3) is 0.393. The number of nitrogens with zero attached hydrogens (tertiary/aromatic N) is 3. The summed E-state index contributed by atoms with van der Waals surface area (Å²) in [5, 5.41) is 20.3. The maximum absolute atomic E-state index is 13.6. The molecule has 2 N–H and O–H groups in total. The van der Waals surface area contributed by atoms with Gasteiger partial charge in [0.15, 0.2) is 5.69 Å². The number of carbonyl (C=O) groups is 1. The molecular formula is C28H34F2N3O3. The van der Waals surface area contributed by atoms with Crippen LogP contribution in [-0.4, -0.2) is 49.8 Å². The predicted molar refractivity (Wildman–Crippen MR) is 135 cm³/mol. The van der Waals surface area contributed by atoms with Crippen LogP contribution in [0.3, 0.4) is 0 Å². The molecule has 3 rings (SSSR count). The van der Waals surface area contributed by atoms with Crippen molar-refractivity contribution >= 4 is 5.91 Å². The van der Waals surface area contributed by atoms with Crippen LogP contribution in [0.4, 0.5) is 8.78 Å². The second-order valence-corrected chi connectivity index (χ2v) is 9.39. The first-order valence-electron chi connectivity index (χ1n) is 12.1. The van der Waals surface area contributed by atoms with E-state index in [9.17, 15) is 23.8 Å². The molecule has 0 fully saturated rings. The largest absolute Gasteiger partial charge is 0.393 e. The summed E-state index contributed by atoms with van der Waals surface area (Å²) in [5.41, 5.74) is 2.41. The number of hydrogen-bond acceptors (Lipinski definition) is 4. The highest BCUT2D eigenvalue weighted by Crippen LogP contribution is 2.30. The summed E-state index contributed by atoms with van der Waals surface area (Å²) in [6.07, 6.45) is -0.612. The lowest BCUT2D eigenvalue weighted by molar-refractivity contribution is 0.0742. The number of aliphatic hydroxyl groups excluding tert-OH is 2. The van der Waals surface area contributed by atoms with Gasteiger partial charge in [0.2, 0.25) is 0 Å². The third-order valence-electron chi connectivity index (χ3n) is 6.10. The van der Waals surface area contributed by atoms with Crippen LogP contribution < -0.4 is 0 Å². The van der Waals surface area contributed by atoms with Crippen molar-refractivity contribution < 1.29 is 23.8 Å². The van der Waals surface area contributed by atoms with Gasteiger partial charge < -0.3 is 19.7 Å². The summed E-state index contributed by atoms with van der Waals surface area (Å²) in [6.45, 7) is 8.21. The third-order valence-corrected chi connectivity index (χ3v) is 6.10. The number of halogens is 2. The lowest BCUT2D eigenvalue weighted by Crippen LogP contribution is -2.28. The average Bonchev–Trinajstić information content (AvgIpc) is 3.23. The van der Waals surface area contributed by atoms with Crippen molar-refractivity contribution in [2.24, 2.45) is 0 Å². The molecule has 193 valence electrons. The van der Waals surface area contributed by atoms with E-state index in [1.165, 1.54) is 29.2 Å². The molecule has 1 aromatic heterocycles. The molecule has 1 heterocycles. The van der Waals surface area contributed by atoms with Crippen molar-refractivity contribution in [3.63, 3.8) is 0 Å². The summed E-state index contributed by atoms with van der Waals surface area (Å²) in [4.78, 5) is 19.8. The number of benzene rings is 2. The van der Waals surface area contributed by atoms with Crippen LogP contribution in [0.25, 0.3) is 11.4 Å². The zero-order chi connectivity index (χ0) is 26.4. The van der Waals surface area contributed by atoms with Crippen LogP contribution >= 0.6 is 0 Å². The lowest BCUT2D eigenvalue weighted by Gasteiger charge is -2.20. The van der Waals surface area contributed by atoms with Crippen molar-refractivity contribution in [1.29, 1.82) is 0 Å². The number of hydrogen-bond donors (Lipinski definition) is 2. The van der Waals surface area contributed by atoms with Gasteiger partial charge in [-0.15, -0.1) is 0 Å². The second-order valence-electron chi connectivity index (χ2n) is 9.39. The van der Waals surface area contributed by atoms with E-state index in [1.807, 2.05) is 18.4 Å². The normalized spacial score (nSPS) is 13.1. The predicted octanol–water partition coefficient (Wildman–Crippen LogP) is 4.95. The molecule has 6 nitrogen and oxygen atoms in total. The van der Waals surface area contributed by atoms with Crippen molar-refractivity contribution in [3.05, 3.63) is 84.0 Å². The topological polar surface area (TPSA) is 78.6 Å². The van der Waals surface area contributed by atoms with Gasteiger partial charge >= 0.3 is 0 Å². The van der Waals surface area contributed by atoms with Crippen molar-refractivity contribution in [2.75, 3.05) is 7.05 Å². The standard InChI is InChI=1S/C28H34F2N3O3/c1-5-23(34)16-24(35)14-15-33-26(18(2)3)25(31-27(33)20-8-12-22(30)13-9-20)28(36)32(4)17-19-6-10-21(29)11-7-19/h6-13,18,23-24,34-35H,1,5,14-17H2,2-4H3. The van der Waals surface area contributed by atoms with Crippen LogP contribution in [0, 0.1) is 18.6 Å². The Labute approximate surface area is 211 Å². The monoisotopic (exact) mass is 498 g/mol. The molecule has 0 spiro atoms. The van der Waals surface area contributed by atoms with Gasteiger partial charge in [0, 0.05) is 25.7 Å².